The van der Waals surface area contributed by atoms with Crippen LogP contribution in [0.15, 0.2) is 0 Å². The zero-order valence-corrected chi connectivity index (χ0v) is 21.7. The SMILES string of the molecule is [CH2]CC(CCCCCCCCCC)CCCCCCCCCCCCCCCCC. The molecular formula is C30H61. The summed E-state index contributed by atoms with van der Waals surface area (Å²) in [4.78, 5) is 0. The van der Waals surface area contributed by atoms with Crippen LogP contribution in [0, 0.1) is 12.8 Å². The summed E-state index contributed by atoms with van der Waals surface area (Å²) in [7, 11) is 0. The minimum Gasteiger partial charge on any atom is -0.0654 e. The molecule has 0 amide bonds. The highest BCUT2D eigenvalue weighted by Crippen LogP contribution is 2.22. The first-order chi connectivity index (χ1) is 14.8. The molecule has 0 aliphatic carbocycles. The molecule has 0 aliphatic rings. The number of rotatable bonds is 26. The van der Waals surface area contributed by atoms with Gasteiger partial charge in [-0.25, -0.2) is 0 Å². The van der Waals surface area contributed by atoms with Gasteiger partial charge in [0.25, 0.3) is 0 Å². The molecule has 0 saturated heterocycles. The molecule has 0 nitrogen and oxygen atoms in total. The van der Waals surface area contributed by atoms with Gasteiger partial charge in [0.05, 0.1) is 0 Å². The molecule has 30 heavy (non-hydrogen) atoms. The topological polar surface area (TPSA) is 0 Å². The van der Waals surface area contributed by atoms with E-state index in [9.17, 15) is 0 Å². The lowest BCUT2D eigenvalue weighted by atomic mass is 9.92. The summed E-state index contributed by atoms with van der Waals surface area (Å²) in [5.41, 5.74) is 0. The molecule has 0 N–H and O–H groups in total. The van der Waals surface area contributed by atoms with Gasteiger partial charge in [-0.05, 0) is 5.92 Å². The fourth-order valence-electron chi connectivity index (χ4n) is 4.80. The van der Waals surface area contributed by atoms with Crippen LogP contribution in [0.2, 0.25) is 0 Å². The van der Waals surface area contributed by atoms with E-state index in [4.69, 9.17) is 0 Å². The monoisotopic (exact) mass is 421 g/mol. The zero-order valence-electron chi connectivity index (χ0n) is 21.7. The molecule has 1 atom stereocenters. The molecule has 0 spiro atoms. The van der Waals surface area contributed by atoms with Crippen LogP contribution in [0.4, 0.5) is 0 Å². The van der Waals surface area contributed by atoms with Crippen molar-refractivity contribution in [1.82, 2.24) is 0 Å². The highest BCUT2D eigenvalue weighted by Gasteiger charge is 2.06. The molecule has 0 fully saturated rings. The van der Waals surface area contributed by atoms with Crippen molar-refractivity contribution in [3.63, 3.8) is 0 Å². The van der Waals surface area contributed by atoms with Crippen molar-refractivity contribution in [3.05, 3.63) is 6.92 Å². The van der Waals surface area contributed by atoms with Crippen molar-refractivity contribution in [2.24, 2.45) is 5.92 Å². The van der Waals surface area contributed by atoms with Gasteiger partial charge < -0.3 is 0 Å². The van der Waals surface area contributed by atoms with Gasteiger partial charge in [-0.2, -0.15) is 0 Å². The molecule has 0 saturated carbocycles. The average Bonchev–Trinajstić information content (AvgIpc) is 2.76. The summed E-state index contributed by atoms with van der Waals surface area (Å²) >= 11 is 0. The zero-order chi connectivity index (χ0) is 22.0. The maximum absolute atomic E-state index is 4.22. The first kappa shape index (κ1) is 30.0. The van der Waals surface area contributed by atoms with E-state index in [1.54, 1.807) is 0 Å². The Morgan fingerprint density at radius 1 is 0.367 bits per heavy atom. The van der Waals surface area contributed by atoms with Gasteiger partial charge in [-0.15, -0.1) is 0 Å². The third kappa shape index (κ3) is 24.3. The van der Waals surface area contributed by atoms with E-state index in [-0.39, 0.29) is 0 Å². The average molecular weight is 422 g/mol. The van der Waals surface area contributed by atoms with Crippen LogP contribution in [0.1, 0.15) is 181 Å². The molecule has 0 aromatic heterocycles. The maximum atomic E-state index is 4.22. The second kappa shape index (κ2) is 27.0. The maximum Gasteiger partial charge on any atom is -0.0414 e. The Labute approximate surface area is 193 Å². The Hall–Kier alpha value is 0. The highest BCUT2D eigenvalue weighted by molar-refractivity contribution is 4.62. The first-order valence-corrected chi connectivity index (χ1v) is 14.6. The fraction of sp³-hybridized carbons (Fsp3) is 0.967. The van der Waals surface area contributed by atoms with Crippen LogP contribution in [0.3, 0.4) is 0 Å². The second-order valence-corrected chi connectivity index (χ2v) is 10.2. The molecule has 0 heterocycles. The van der Waals surface area contributed by atoms with Crippen LogP contribution >= 0.6 is 0 Å². The van der Waals surface area contributed by atoms with Crippen molar-refractivity contribution in [2.75, 3.05) is 0 Å². The van der Waals surface area contributed by atoms with Crippen LogP contribution in [-0.4, -0.2) is 0 Å². The van der Waals surface area contributed by atoms with E-state index in [1.807, 2.05) is 0 Å². The lowest BCUT2D eigenvalue weighted by Crippen LogP contribution is -1.99. The van der Waals surface area contributed by atoms with Crippen LogP contribution in [0.5, 0.6) is 0 Å². The third-order valence-corrected chi connectivity index (χ3v) is 7.09. The smallest absolute Gasteiger partial charge is 0.0414 e. The molecule has 0 aromatic rings. The number of hydrogen-bond acceptors (Lipinski definition) is 0. The minimum absolute atomic E-state index is 0.909. The van der Waals surface area contributed by atoms with Gasteiger partial charge in [-0.3, -0.25) is 0 Å². The molecule has 0 bridgehead atoms. The standard InChI is InChI=1S/C30H61/c1-4-7-9-11-13-15-16-17-18-19-20-21-23-25-27-29-30(6-3)28-26-24-22-14-12-10-8-5-2/h30H,3-29H2,1-2H3. The molecule has 0 heteroatoms. The summed E-state index contributed by atoms with van der Waals surface area (Å²) in [6, 6.07) is 0. The molecule has 0 rings (SSSR count). The van der Waals surface area contributed by atoms with Gasteiger partial charge >= 0.3 is 0 Å². The van der Waals surface area contributed by atoms with Crippen molar-refractivity contribution >= 4 is 0 Å². The van der Waals surface area contributed by atoms with Gasteiger partial charge in [0.2, 0.25) is 0 Å². The highest BCUT2D eigenvalue weighted by atomic mass is 14.1. The number of unbranched alkanes of at least 4 members (excludes halogenated alkanes) is 21. The van der Waals surface area contributed by atoms with E-state index in [1.165, 1.54) is 161 Å². The van der Waals surface area contributed by atoms with Crippen LogP contribution < -0.4 is 0 Å². The molecule has 181 valence electrons. The first-order valence-electron chi connectivity index (χ1n) is 14.6. The quantitative estimate of drug-likeness (QED) is 0.122. The Morgan fingerprint density at radius 3 is 0.833 bits per heavy atom. The van der Waals surface area contributed by atoms with Gasteiger partial charge in [0, 0.05) is 0 Å². The van der Waals surface area contributed by atoms with Crippen molar-refractivity contribution in [2.45, 2.75) is 181 Å². The minimum atomic E-state index is 0.909. The Balaban J connectivity index is 3.24. The molecule has 1 radical (unpaired) electrons. The molecule has 0 aromatic carbocycles. The summed E-state index contributed by atoms with van der Waals surface area (Å²) in [5, 5.41) is 0. The van der Waals surface area contributed by atoms with Crippen molar-refractivity contribution in [3.8, 4) is 0 Å². The molecule has 0 aliphatic heterocycles. The summed E-state index contributed by atoms with van der Waals surface area (Å²) in [5.74, 6) is 0.909. The summed E-state index contributed by atoms with van der Waals surface area (Å²) < 4.78 is 0. The van der Waals surface area contributed by atoms with Crippen LogP contribution in [0.25, 0.3) is 0 Å². The van der Waals surface area contributed by atoms with E-state index < -0.39 is 0 Å². The lowest BCUT2D eigenvalue weighted by molar-refractivity contribution is 0.404. The fourth-order valence-corrected chi connectivity index (χ4v) is 4.80. The number of hydrogen-bond donors (Lipinski definition) is 0. The summed E-state index contributed by atoms with van der Waals surface area (Å²) in [6.45, 7) is 8.83. The van der Waals surface area contributed by atoms with Crippen molar-refractivity contribution in [1.29, 1.82) is 0 Å². The van der Waals surface area contributed by atoms with Gasteiger partial charge in [0.15, 0.2) is 0 Å². The third-order valence-electron chi connectivity index (χ3n) is 7.09. The molecular weight excluding hydrogens is 360 g/mol. The predicted molar refractivity (Wildman–Crippen MR) is 140 cm³/mol. The second-order valence-electron chi connectivity index (χ2n) is 10.2. The Kier molecular flexibility index (Phi) is 27.0. The van der Waals surface area contributed by atoms with Gasteiger partial charge in [0.1, 0.15) is 0 Å². The van der Waals surface area contributed by atoms with E-state index in [2.05, 4.69) is 20.8 Å². The lowest BCUT2D eigenvalue weighted by Gasteiger charge is -2.14. The largest absolute Gasteiger partial charge is 0.0654 e. The Bertz CT molecular complexity index is 282. The van der Waals surface area contributed by atoms with E-state index in [0.717, 1.165) is 12.3 Å². The summed E-state index contributed by atoms with van der Waals surface area (Å²) in [6.07, 6.45) is 37.6. The van der Waals surface area contributed by atoms with Gasteiger partial charge in [-0.1, -0.05) is 188 Å². The normalized spacial score (nSPS) is 12.5. The van der Waals surface area contributed by atoms with E-state index >= 15 is 0 Å². The van der Waals surface area contributed by atoms with E-state index in [0.29, 0.717) is 0 Å². The molecule has 1 unspecified atom stereocenters. The van der Waals surface area contributed by atoms with Crippen molar-refractivity contribution < 1.29 is 0 Å². The Morgan fingerprint density at radius 2 is 0.600 bits per heavy atom. The van der Waals surface area contributed by atoms with Crippen LogP contribution in [-0.2, 0) is 0 Å². The predicted octanol–water partition coefficient (Wildman–Crippen LogP) is 11.6.